The molecule has 0 aliphatic carbocycles. The van der Waals surface area contributed by atoms with Gasteiger partial charge in [0.05, 0.1) is 6.61 Å². The van der Waals surface area contributed by atoms with E-state index in [1.54, 1.807) is 0 Å². The predicted octanol–water partition coefficient (Wildman–Crippen LogP) is 2.00. The number of rotatable bonds is 7. The quantitative estimate of drug-likeness (QED) is 0.775. The molecule has 1 aromatic rings. The number of ether oxygens (including phenoxy) is 1. The lowest BCUT2D eigenvalue weighted by atomic mass is 9.88. The van der Waals surface area contributed by atoms with E-state index < -0.39 is 5.54 Å². The van der Waals surface area contributed by atoms with Crippen LogP contribution in [-0.2, 0) is 15.1 Å². The summed E-state index contributed by atoms with van der Waals surface area (Å²) in [6.45, 7) is 6.83. The summed E-state index contributed by atoms with van der Waals surface area (Å²) in [5.74, 6) is -0.228. The molecular formula is C16H26N2O2. The Morgan fingerprint density at radius 3 is 2.35 bits per heavy atom. The number of carbonyl (C=O) groups is 1. The van der Waals surface area contributed by atoms with E-state index >= 15 is 0 Å². The normalized spacial score (nSPS) is 14.3. The van der Waals surface area contributed by atoms with Crippen molar-refractivity contribution in [3.63, 3.8) is 0 Å². The third kappa shape index (κ3) is 4.05. The molecule has 0 heterocycles. The van der Waals surface area contributed by atoms with Gasteiger partial charge >= 0.3 is 5.97 Å². The summed E-state index contributed by atoms with van der Waals surface area (Å²) in [7, 11) is 3.91. The largest absolute Gasteiger partial charge is 0.464 e. The van der Waals surface area contributed by atoms with Gasteiger partial charge < -0.3 is 9.64 Å². The maximum Gasteiger partial charge on any atom is 0.332 e. The third-order valence-corrected chi connectivity index (χ3v) is 2.98. The Morgan fingerprint density at radius 1 is 1.30 bits per heavy atom. The lowest BCUT2D eigenvalue weighted by molar-refractivity contribution is -0.153. The van der Waals surface area contributed by atoms with Gasteiger partial charge in [-0.3, -0.25) is 5.32 Å². The van der Waals surface area contributed by atoms with Crippen molar-refractivity contribution >= 4 is 5.97 Å². The van der Waals surface area contributed by atoms with E-state index in [1.165, 1.54) is 0 Å². The molecule has 1 aromatic carbocycles. The minimum atomic E-state index is -0.838. The van der Waals surface area contributed by atoms with E-state index in [1.807, 2.05) is 70.1 Å². The van der Waals surface area contributed by atoms with Crippen molar-refractivity contribution in [1.82, 2.24) is 10.2 Å². The minimum absolute atomic E-state index is 0.166. The highest BCUT2D eigenvalue weighted by atomic mass is 16.5. The standard InChI is InChI=1S/C16H26N2O2/c1-6-20-15(19)16(12-18(4)5,17-13(2)3)14-10-8-7-9-11-14/h7-11,13,17H,6,12H2,1-5H3. The first kappa shape index (κ1) is 16.7. The van der Waals surface area contributed by atoms with Crippen molar-refractivity contribution in [1.29, 1.82) is 0 Å². The highest BCUT2D eigenvalue weighted by Gasteiger charge is 2.42. The van der Waals surface area contributed by atoms with Gasteiger partial charge in [0.2, 0.25) is 0 Å². The molecule has 0 bridgehead atoms. The second kappa shape index (κ2) is 7.41. The van der Waals surface area contributed by atoms with Gasteiger partial charge in [0, 0.05) is 12.6 Å². The van der Waals surface area contributed by atoms with E-state index in [-0.39, 0.29) is 12.0 Å². The Bertz CT molecular complexity index is 406. The first-order chi connectivity index (χ1) is 9.42. The first-order valence-corrected chi connectivity index (χ1v) is 7.07. The molecule has 0 aliphatic heterocycles. The van der Waals surface area contributed by atoms with Crippen LogP contribution in [0.3, 0.4) is 0 Å². The zero-order valence-corrected chi connectivity index (χ0v) is 13.1. The molecule has 4 nitrogen and oxygen atoms in total. The summed E-state index contributed by atoms with van der Waals surface area (Å²) in [4.78, 5) is 14.6. The number of hydrogen-bond acceptors (Lipinski definition) is 4. The zero-order chi connectivity index (χ0) is 15.2. The summed E-state index contributed by atoms with van der Waals surface area (Å²) in [5, 5.41) is 3.41. The van der Waals surface area contributed by atoms with Crippen LogP contribution < -0.4 is 5.32 Å². The Morgan fingerprint density at radius 2 is 1.90 bits per heavy atom. The lowest BCUT2D eigenvalue weighted by Crippen LogP contribution is -2.58. The molecule has 1 N–H and O–H groups in total. The SMILES string of the molecule is CCOC(=O)C(CN(C)C)(NC(C)C)c1ccccc1. The molecule has 0 aliphatic rings. The molecule has 112 valence electrons. The van der Waals surface area contributed by atoms with Crippen LogP contribution in [0.15, 0.2) is 30.3 Å². The molecule has 4 heteroatoms. The first-order valence-electron chi connectivity index (χ1n) is 7.07. The molecule has 1 rings (SSSR count). The zero-order valence-electron chi connectivity index (χ0n) is 13.1. The van der Waals surface area contributed by atoms with Crippen molar-refractivity contribution in [2.24, 2.45) is 0 Å². The van der Waals surface area contributed by atoms with Crippen LogP contribution in [0.1, 0.15) is 26.3 Å². The van der Waals surface area contributed by atoms with Crippen molar-refractivity contribution in [3.05, 3.63) is 35.9 Å². The van der Waals surface area contributed by atoms with Gasteiger partial charge in [-0.2, -0.15) is 0 Å². The topological polar surface area (TPSA) is 41.6 Å². The fourth-order valence-electron chi connectivity index (χ4n) is 2.41. The Hall–Kier alpha value is -1.39. The number of nitrogens with zero attached hydrogens (tertiary/aromatic N) is 1. The molecular weight excluding hydrogens is 252 g/mol. The number of benzene rings is 1. The van der Waals surface area contributed by atoms with Gasteiger partial charge in [0.1, 0.15) is 0 Å². The van der Waals surface area contributed by atoms with Crippen LogP contribution in [-0.4, -0.2) is 44.2 Å². The van der Waals surface area contributed by atoms with Gasteiger partial charge in [-0.25, -0.2) is 4.79 Å². The summed E-state index contributed by atoms with van der Waals surface area (Å²) in [6.07, 6.45) is 0. The smallest absolute Gasteiger partial charge is 0.332 e. The van der Waals surface area contributed by atoms with Crippen LogP contribution >= 0.6 is 0 Å². The molecule has 0 amide bonds. The molecule has 1 atom stereocenters. The van der Waals surface area contributed by atoms with Crippen LogP contribution in [0.5, 0.6) is 0 Å². The Balaban J connectivity index is 3.28. The predicted molar refractivity (Wildman–Crippen MR) is 81.6 cm³/mol. The molecule has 1 unspecified atom stereocenters. The molecule has 0 aromatic heterocycles. The monoisotopic (exact) mass is 278 g/mol. The molecule has 0 spiro atoms. The number of likely N-dealkylation sites (N-methyl/N-ethyl adjacent to an activating group) is 1. The summed E-state index contributed by atoms with van der Waals surface area (Å²) >= 11 is 0. The molecule has 0 fully saturated rings. The highest BCUT2D eigenvalue weighted by Crippen LogP contribution is 2.25. The maximum absolute atomic E-state index is 12.6. The Labute approximate surface area is 122 Å². The van der Waals surface area contributed by atoms with Gasteiger partial charge in [-0.15, -0.1) is 0 Å². The summed E-state index contributed by atoms with van der Waals surface area (Å²) in [6, 6.07) is 9.94. The molecule has 0 saturated carbocycles. The van der Waals surface area contributed by atoms with Crippen molar-refractivity contribution in [3.8, 4) is 0 Å². The van der Waals surface area contributed by atoms with Crippen LogP contribution in [0.2, 0.25) is 0 Å². The maximum atomic E-state index is 12.6. The van der Waals surface area contributed by atoms with Gasteiger partial charge in [0.15, 0.2) is 5.54 Å². The fourth-order valence-corrected chi connectivity index (χ4v) is 2.41. The average molecular weight is 278 g/mol. The fraction of sp³-hybridized carbons (Fsp3) is 0.562. The van der Waals surface area contributed by atoms with Crippen LogP contribution in [0, 0.1) is 0 Å². The minimum Gasteiger partial charge on any atom is -0.464 e. The Kier molecular flexibility index (Phi) is 6.17. The highest BCUT2D eigenvalue weighted by molar-refractivity contribution is 5.83. The van der Waals surface area contributed by atoms with Crippen molar-refractivity contribution in [2.75, 3.05) is 27.2 Å². The van der Waals surface area contributed by atoms with E-state index in [9.17, 15) is 4.79 Å². The number of carbonyl (C=O) groups excluding carboxylic acids is 1. The molecule has 20 heavy (non-hydrogen) atoms. The third-order valence-electron chi connectivity index (χ3n) is 2.98. The van der Waals surface area contributed by atoms with E-state index in [4.69, 9.17) is 4.74 Å². The second-order valence-electron chi connectivity index (χ2n) is 5.53. The average Bonchev–Trinajstić information content (AvgIpc) is 2.38. The number of hydrogen-bond donors (Lipinski definition) is 1. The molecule has 0 radical (unpaired) electrons. The lowest BCUT2D eigenvalue weighted by Gasteiger charge is -2.36. The second-order valence-corrected chi connectivity index (χ2v) is 5.53. The molecule has 0 saturated heterocycles. The van der Waals surface area contributed by atoms with E-state index in [0.717, 1.165) is 5.56 Å². The number of esters is 1. The van der Waals surface area contributed by atoms with Crippen LogP contribution in [0.4, 0.5) is 0 Å². The van der Waals surface area contributed by atoms with Crippen molar-refractivity contribution in [2.45, 2.75) is 32.4 Å². The van der Waals surface area contributed by atoms with E-state index in [2.05, 4.69) is 5.32 Å². The van der Waals surface area contributed by atoms with Gasteiger partial charge in [-0.1, -0.05) is 30.3 Å². The van der Waals surface area contributed by atoms with Gasteiger partial charge in [0.25, 0.3) is 0 Å². The van der Waals surface area contributed by atoms with Crippen molar-refractivity contribution < 1.29 is 9.53 Å². The number of nitrogens with one attached hydrogen (secondary N) is 1. The van der Waals surface area contributed by atoms with Crippen LogP contribution in [0.25, 0.3) is 0 Å². The van der Waals surface area contributed by atoms with E-state index in [0.29, 0.717) is 13.2 Å². The summed E-state index contributed by atoms with van der Waals surface area (Å²) in [5.41, 5.74) is 0.0930. The van der Waals surface area contributed by atoms with Gasteiger partial charge in [-0.05, 0) is 40.4 Å². The summed E-state index contributed by atoms with van der Waals surface area (Å²) < 4.78 is 5.34.